The van der Waals surface area contributed by atoms with Gasteiger partial charge in [-0.1, -0.05) is 12.1 Å². The maximum absolute atomic E-state index is 12.3. The van der Waals surface area contributed by atoms with Crippen LogP contribution in [0.25, 0.3) is 0 Å². The Balaban J connectivity index is 0.00000225. The number of nitrogens with zero attached hydrogens (tertiary/aromatic N) is 2. The molecule has 0 aromatic heterocycles. The topological polar surface area (TPSA) is 78.0 Å². The van der Waals surface area contributed by atoms with Crippen LogP contribution in [0.3, 0.4) is 0 Å². The number of rotatable bonds is 4. The number of likely N-dealkylation sites (tertiary alicyclic amines) is 1. The van der Waals surface area contributed by atoms with Crippen LogP contribution in [0.1, 0.15) is 37.7 Å². The fraction of sp³-hybridized carbons (Fsp3) is 0.600. The number of urea groups is 1. The van der Waals surface area contributed by atoms with E-state index in [2.05, 4.69) is 20.9 Å². The Kier molecular flexibility index (Phi) is 7.39. The lowest BCUT2D eigenvalue weighted by Gasteiger charge is -2.22. The highest BCUT2D eigenvalue weighted by molar-refractivity contribution is 14.0. The van der Waals surface area contributed by atoms with Gasteiger partial charge in [-0.05, 0) is 49.8 Å². The van der Waals surface area contributed by atoms with E-state index in [1.807, 2.05) is 29.2 Å². The molecule has 0 spiro atoms. The first-order valence-electron chi connectivity index (χ1n) is 9.99. The van der Waals surface area contributed by atoms with Gasteiger partial charge in [-0.25, -0.2) is 4.79 Å². The number of ether oxygens (including phenoxy) is 1. The Bertz CT molecular complexity index is 708. The summed E-state index contributed by atoms with van der Waals surface area (Å²) in [6, 6.07) is 8.29. The third kappa shape index (κ3) is 5.08. The summed E-state index contributed by atoms with van der Waals surface area (Å²) < 4.78 is 5.90. The van der Waals surface area contributed by atoms with Crippen LogP contribution < -0.4 is 16.0 Å². The number of anilines is 1. The van der Waals surface area contributed by atoms with Crippen molar-refractivity contribution in [3.63, 3.8) is 0 Å². The summed E-state index contributed by atoms with van der Waals surface area (Å²) in [5.41, 5.74) is 1.93. The van der Waals surface area contributed by atoms with Gasteiger partial charge in [0.1, 0.15) is 0 Å². The average Bonchev–Trinajstić information content (AvgIpc) is 3.43. The molecule has 1 aromatic rings. The number of carbonyl (C=O) groups excluding carboxylic acids is 1. The molecule has 3 aliphatic rings. The number of hydrogen-bond donors (Lipinski definition) is 3. The zero-order chi connectivity index (χ0) is 18.6. The van der Waals surface area contributed by atoms with Crippen molar-refractivity contribution in [3.05, 3.63) is 29.8 Å². The minimum atomic E-state index is -0.00799. The summed E-state index contributed by atoms with van der Waals surface area (Å²) in [5.74, 6) is 0.794. The van der Waals surface area contributed by atoms with Gasteiger partial charge in [0, 0.05) is 32.4 Å². The molecule has 2 bridgehead atoms. The van der Waals surface area contributed by atoms with Crippen molar-refractivity contribution < 1.29 is 9.53 Å². The van der Waals surface area contributed by atoms with Gasteiger partial charge in [0.05, 0.1) is 18.2 Å². The maximum Gasteiger partial charge on any atom is 0.321 e. The monoisotopic (exact) mass is 499 g/mol. The molecular formula is C20H30IN5O2. The minimum Gasteiger partial charge on any atom is -0.373 e. The molecule has 3 aliphatic heterocycles. The lowest BCUT2D eigenvalue weighted by molar-refractivity contribution is 0.0992. The second-order valence-electron chi connectivity index (χ2n) is 7.61. The zero-order valence-electron chi connectivity index (χ0n) is 16.3. The Morgan fingerprint density at radius 3 is 2.79 bits per heavy atom. The van der Waals surface area contributed by atoms with E-state index in [0.29, 0.717) is 24.8 Å². The van der Waals surface area contributed by atoms with Gasteiger partial charge in [0.2, 0.25) is 0 Å². The van der Waals surface area contributed by atoms with Gasteiger partial charge in [-0.3, -0.25) is 4.99 Å². The average molecular weight is 499 g/mol. The number of aliphatic imine (C=N–C) groups is 1. The third-order valence-corrected chi connectivity index (χ3v) is 5.68. The first-order chi connectivity index (χ1) is 13.2. The van der Waals surface area contributed by atoms with Crippen molar-refractivity contribution in [1.29, 1.82) is 0 Å². The molecule has 3 N–H and O–H groups in total. The van der Waals surface area contributed by atoms with Crippen LogP contribution in [0, 0.1) is 0 Å². The second-order valence-corrected chi connectivity index (χ2v) is 7.61. The highest BCUT2D eigenvalue weighted by Gasteiger charge is 2.41. The maximum atomic E-state index is 12.3. The quantitative estimate of drug-likeness (QED) is 0.338. The SMILES string of the molecule is CN=C(NCc1cccc(NC(=O)N2CCCC2)c1)NC1CC2CCC1O2.I. The van der Waals surface area contributed by atoms with E-state index in [1.54, 1.807) is 7.05 Å². The highest BCUT2D eigenvalue weighted by atomic mass is 127. The van der Waals surface area contributed by atoms with Gasteiger partial charge in [0.15, 0.2) is 5.96 Å². The largest absolute Gasteiger partial charge is 0.373 e. The molecule has 3 heterocycles. The standard InChI is InChI=1S/C20H29N5O2.HI/c1-21-19(24-17-12-16-7-8-18(17)27-16)22-13-14-5-4-6-15(11-14)23-20(26)25-9-2-3-10-25;/h4-6,11,16-18H,2-3,7-10,12-13H2,1H3,(H,23,26)(H2,21,22,24);1H. The molecule has 8 heteroatoms. The van der Waals surface area contributed by atoms with Crippen LogP contribution in [0.15, 0.2) is 29.3 Å². The number of amides is 2. The van der Waals surface area contributed by atoms with Crippen LogP contribution in [0.5, 0.6) is 0 Å². The normalized spacial score (nSPS) is 26.1. The molecule has 154 valence electrons. The van der Waals surface area contributed by atoms with E-state index in [0.717, 1.165) is 56.0 Å². The summed E-state index contributed by atoms with van der Waals surface area (Å²) in [4.78, 5) is 18.5. The lowest BCUT2D eigenvalue weighted by Crippen LogP contribution is -2.47. The number of nitrogens with one attached hydrogen (secondary N) is 3. The van der Waals surface area contributed by atoms with Crippen LogP contribution >= 0.6 is 24.0 Å². The second kappa shape index (κ2) is 9.78. The van der Waals surface area contributed by atoms with Gasteiger partial charge in [0.25, 0.3) is 0 Å². The van der Waals surface area contributed by atoms with Gasteiger partial charge in [-0.2, -0.15) is 0 Å². The molecular weight excluding hydrogens is 469 g/mol. The van der Waals surface area contributed by atoms with Gasteiger partial charge in [-0.15, -0.1) is 24.0 Å². The highest BCUT2D eigenvalue weighted by Crippen LogP contribution is 2.34. The zero-order valence-corrected chi connectivity index (χ0v) is 18.6. The predicted molar refractivity (Wildman–Crippen MR) is 121 cm³/mol. The van der Waals surface area contributed by atoms with Gasteiger partial charge >= 0.3 is 6.03 Å². The first-order valence-corrected chi connectivity index (χ1v) is 9.99. The molecule has 3 saturated heterocycles. The van der Waals surface area contributed by atoms with E-state index in [1.165, 1.54) is 6.42 Å². The first kappa shape index (κ1) is 21.2. The molecule has 4 rings (SSSR count). The summed E-state index contributed by atoms with van der Waals surface area (Å²) in [7, 11) is 1.79. The van der Waals surface area contributed by atoms with Crippen molar-refractivity contribution in [3.8, 4) is 0 Å². The summed E-state index contributed by atoms with van der Waals surface area (Å²) in [5, 5.41) is 9.86. The number of benzene rings is 1. The lowest BCUT2D eigenvalue weighted by atomic mass is 9.96. The van der Waals surface area contributed by atoms with Crippen LogP contribution in [-0.4, -0.2) is 55.3 Å². The fourth-order valence-corrected chi connectivity index (χ4v) is 4.23. The number of halogens is 1. The molecule has 1 aromatic carbocycles. The Morgan fingerprint density at radius 2 is 2.11 bits per heavy atom. The molecule has 2 amide bonds. The van der Waals surface area contributed by atoms with Crippen molar-refractivity contribution in [1.82, 2.24) is 15.5 Å². The van der Waals surface area contributed by atoms with Crippen LogP contribution in [0.2, 0.25) is 0 Å². The van der Waals surface area contributed by atoms with Gasteiger partial charge < -0.3 is 25.6 Å². The Labute approximate surface area is 183 Å². The van der Waals surface area contributed by atoms with Crippen LogP contribution in [-0.2, 0) is 11.3 Å². The molecule has 0 aliphatic carbocycles. The number of guanidine groups is 1. The van der Waals surface area contributed by atoms with E-state index in [-0.39, 0.29) is 30.0 Å². The smallest absolute Gasteiger partial charge is 0.321 e. The minimum absolute atomic E-state index is 0. The summed E-state index contributed by atoms with van der Waals surface area (Å²) in [6.07, 6.45) is 6.31. The van der Waals surface area contributed by atoms with E-state index in [9.17, 15) is 4.79 Å². The molecule has 3 fully saturated rings. The Hall–Kier alpha value is -1.55. The van der Waals surface area contributed by atoms with E-state index < -0.39 is 0 Å². The predicted octanol–water partition coefficient (Wildman–Crippen LogP) is 2.92. The van der Waals surface area contributed by atoms with Crippen molar-refractivity contribution in [2.24, 2.45) is 4.99 Å². The van der Waals surface area contributed by atoms with Crippen molar-refractivity contribution >= 4 is 41.7 Å². The molecule has 3 atom stereocenters. The number of hydrogen-bond acceptors (Lipinski definition) is 3. The van der Waals surface area contributed by atoms with Crippen molar-refractivity contribution in [2.75, 3.05) is 25.5 Å². The van der Waals surface area contributed by atoms with Crippen LogP contribution in [0.4, 0.5) is 10.5 Å². The molecule has 3 unspecified atom stereocenters. The molecule has 7 nitrogen and oxygen atoms in total. The number of carbonyl (C=O) groups is 1. The summed E-state index contributed by atoms with van der Waals surface area (Å²) in [6.45, 7) is 2.35. The third-order valence-electron chi connectivity index (χ3n) is 5.68. The fourth-order valence-electron chi connectivity index (χ4n) is 4.23. The molecule has 0 radical (unpaired) electrons. The van der Waals surface area contributed by atoms with E-state index >= 15 is 0 Å². The summed E-state index contributed by atoms with van der Waals surface area (Å²) >= 11 is 0. The molecule has 0 saturated carbocycles. The Morgan fingerprint density at radius 1 is 1.29 bits per heavy atom. The molecule has 28 heavy (non-hydrogen) atoms. The number of fused-ring (bicyclic) bond motifs is 2. The van der Waals surface area contributed by atoms with Crippen molar-refractivity contribution in [2.45, 2.75) is 56.9 Å². The van der Waals surface area contributed by atoms with E-state index in [4.69, 9.17) is 4.74 Å².